The third-order valence-electron chi connectivity index (χ3n) is 5.84. The standard InChI is InChI=1S/C26H26FN3O4S/c1-15-10-22(34-9-8-31)21(27)12-20(15)19-5-3-4-18(16(19)2)14-29-24-7-6-17(13-28-24)11-23-25(32)30-26(33)35-23/h3-7,10,12-13,23,31H,8-9,11,14H2,1-2H3,(H,28,29)(H,30,32,33). The van der Waals surface area contributed by atoms with Crippen LogP contribution in [0.4, 0.5) is 15.0 Å². The van der Waals surface area contributed by atoms with Gasteiger partial charge in [-0.15, -0.1) is 0 Å². The van der Waals surface area contributed by atoms with E-state index in [0.29, 0.717) is 18.8 Å². The molecular weight excluding hydrogens is 469 g/mol. The van der Waals surface area contributed by atoms with Gasteiger partial charge in [0.05, 0.1) is 11.9 Å². The van der Waals surface area contributed by atoms with Crippen molar-refractivity contribution < 1.29 is 23.8 Å². The SMILES string of the molecule is Cc1cc(OCCO)c(F)cc1-c1cccc(CNc2ccc(CC3SC(=O)NC3=O)cn2)c1C. The molecule has 1 atom stereocenters. The van der Waals surface area contributed by atoms with Crippen molar-refractivity contribution in [2.24, 2.45) is 0 Å². The molecule has 3 aromatic rings. The molecule has 2 aromatic carbocycles. The lowest BCUT2D eigenvalue weighted by Crippen LogP contribution is -2.25. The summed E-state index contributed by atoms with van der Waals surface area (Å²) >= 11 is 1.00. The number of benzene rings is 2. The number of aryl methyl sites for hydroxylation is 1. The molecule has 0 spiro atoms. The molecule has 1 saturated heterocycles. The van der Waals surface area contributed by atoms with Crippen LogP contribution in [0.15, 0.2) is 48.7 Å². The number of aliphatic hydroxyl groups excluding tert-OH is 1. The summed E-state index contributed by atoms with van der Waals surface area (Å²) in [5, 5.41) is 13.8. The topological polar surface area (TPSA) is 101 Å². The molecule has 2 heterocycles. The average molecular weight is 496 g/mol. The minimum absolute atomic E-state index is 0.0411. The van der Waals surface area contributed by atoms with Gasteiger partial charge in [0, 0.05) is 12.7 Å². The highest BCUT2D eigenvalue weighted by Crippen LogP contribution is 2.33. The van der Waals surface area contributed by atoms with Crippen LogP contribution in [0.1, 0.15) is 22.3 Å². The van der Waals surface area contributed by atoms with Crippen molar-refractivity contribution in [2.45, 2.75) is 32.1 Å². The van der Waals surface area contributed by atoms with Crippen molar-refractivity contribution in [1.82, 2.24) is 10.3 Å². The Morgan fingerprint density at radius 2 is 2.00 bits per heavy atom. The monoisotopic (exact) mass is 495 g/mol. The first-order valence-corrected chi connectivity index (χ1v) is 12.1. The van der Waals surface area contributed by atoms with E-state index in [1.54, 1.807) is 12.3 Å². The number of halogens is 1. The molecule has 0 bridgehead atoms. The zero-order valence-electron chi connectivity index (χ0n) is 19.4. The summed E-state index contributed by atoms with van der Waals surface area (Å²) in [5.74, 6) is 0.0823. The molecule has 1 aliphatic heterocycles. The van der Waals surface area contributed by atoms with Crippen molar-refractivity contribution in [3.8, 4) is 16.9 Å². The van der Waals surface area contributed by atoms with Gasteiger partial charge in [0.15, 0.2) is 11.6 Å². The first kappa shape index (κ1) is 24.7. The van der Waals surface area contributed by atoms with Crippen LogP contribution in [0.2, 0.25) is 0 Å². The molecule has 2 amide bonds. The smallest absolute Gasteiger partial charge is 0.286 e. The predicted molar refractivity (Wildman–Crippen MR) is 134 cm³/mol. The maximum Gasteiger partial charge on any atom is 0.286 e. The van der Waals surface area contributed by atoms with E-state index in [1.165, 1.54) is 6.07 Å². The van der Waals surface area contributed by atoms with Gasteiger partial charge in [-0.1, -0.05) is 36.0 Å². The fourth-order valence-corrected chi connectivity index (χ4v) is 4.82. The molecule has 1 unspecified atom stereocenters. The Bertz CT molecular complexity index is 1250. The maximum absolute atomic E-state index is 14.6. The molecule has 1 aliphatic rings. The lowest BCUT2D eigenvalue weighted by Gasteiger charge is -2.16. The second-order valence-electron chi connectivity index (χ2n) is 8.25. The van der Waals surface area contributed by atoms with Gasteiger partial charge < -0.3 is 15.2 Å². The number of hydrogen-bond donors (Lipinski definition) is 3. The number of amides is 2. The Morgan fingerprint density at radius 3 is 2.69 bits per heavy atom. The minimum atomic E-state index is -0.468. The van der Waals surface area contributed by atoms with Crippen molar-refractivity contribution >= 4 is 28.7 Å². The first-order valence-electron chi connectivity index (χ1n) is 11.2. The van der Waals surface area contributed by atoms with E-state index < -0.39 is 11.1 Å². The number of carbonyl (C=O) groups excluding carboxylic acids is 2. The quantitative estimate of drug-likeness (QED) is 0.405. The Kier molecular flexibility index (Phi) is 7.67. The fourth-order valence-electron chi connectivity index (χ4n) is 3.96. The second-order valence-corrected chi connectivity index (χ2v) is 9.43. The number of nitrogens with zero attached hydrogens (tertiary/aromatic N) is 1. The first-order chi connectivity index (χ1) is 16.9. The lowest BCUT2D eigenvalue weighted by atomic mass is 9.93. The van der Waals surface area contributed by atoms with Crippen LogP contribution >= 0.6 is 11.8 Å². The fraction of sp³-hybridized carbons (Fsp3) is 0.269. The summed E-state index contributed by atoms with van der Waals surface area (Å²) in [6.07, 6.45) is 2.14. The van der Waals surface area contributed by atoms with Crippen LogP contribution in [-0.4, -0.2) is 39.7 Å². The molecule has 0 aliphatic carbocycles. The number of hydrogen-bond acceptors (Lipinski definition) is 7. The van der Waals surface area contributed by atoms with E-state index in [-0.39, 0.29) is 30.1 Å². The van der Waals surface area contributed by atoms with Gasteiger partial charge in [0.1, 0.15) is 12.4 Å². The number of anilines is 1. The van der Waals surface area contributed by atoms with Crippen LogP contribution in [0, 0.1) is 19.7 Å². The molecule has 182 valence electrons. The van der Waals surface area contributed by atoms with Crippen LogP contribution in [0.3, 0.4) is 0 Å². The average Bonchev–Trinajstić information content (AvgIpc) is 3.16. The summed E-state index contributed by atoms with van der Waals surface area (Å²) in [6, 6.07) is 12.8. The number of aliphatic hydroxyl groups is 1. The van der Waals surface area contributed by atoms with Gasteiger partial charge in [-0.3, -0.25) is 14.9 Å². The highest BCUT2D eigenvalue weighted by Gasteiger charge is 2.31. The molecule has 1 aromatic heterocycles. The molecular formula is C26H26FN3O4S. The Balaban J connectivity index is 1.45. The molecule has 9 heteroatoms. The number of ether oxygens (including phenoxy) is 1. The number of nitrogens with one attached hydrogen (secondary N) is 2. The van der Waals surface area contributed by atoms with Crippen LogP contribution < -0.4 is 15.4 Å². The molecule has 0 radical (unpaired) electrons. The largest absolute Gasteiger partial charge is 0.488 e. The van der Waals surface area contributed by atoms with Crippen LogP contribution in [0.25, 0.3) is 11.1 Å². The number of rotatable bonds is 9. The highest BCUT2D eigenvalue weighted by atomic mass is 32.2. The molecule has 35 heavy (non-hydrogen) atoms. The maximum atomic E-state index is 14.6. The van der Waals surface area contributed by atoms with E-state index in [1.807, 2.05) is 44.2 Å². The van der Waals surface area contributed by atoms with E-state index in [9.17, 15) is 14.0 Å². The number of thioether (sulfide) groups is 1. The Morgan fingerprint density at radius 1 is 1.17 bits per heavy atom. The third kappa shape index (κ3) is 5.80. The van der Waals surface area contributed by atoms with E-state index in [2.05, 4.69) is 15.6 Å². The Labute approximate surface area is 207 Å². The lowest BCUT2D eigenvalue weighted by molar-refractivity contribution is -0.118. The van der Waals surface area contributed by atoms with E-state index >= 15 is 0 Å². The van der Waals surface area contributed by atoms with Gasteiger partial charge in [-0.25, -0.2) is 9.37 Å². The van der Waals surface area contributed by atoms with Crippen molar-refractivity contribution in [2.75, 3.05) is 18.5 Å². The second kappa shape index (κ2) is 10.9. The molecule has 1 fully saturated rings. The number of imide groups is 1. The van der Waals surface area contributed by atoms with E-state index in [4.69, 9.17) is 9.84 Å². The summed E-state index contributed by atoms with van der Waals surface area (Å²) < 4.78 is 19.9. The van der Waals surface area contributed by atoms with Gasteiger partial charge in [-0.05, 0) is 71.8 Å². The zero-order chi connectivity index (χ0) is 24.9. The van der Waals surface area contributed by atoms with Gasteiger partial charge >= 0.3 is 0 Å². The van der Waals surface area contributed by atoms with Crippen LogP contribution in [0.5, 0.6) is 5.75 Å². The van der Waals surface area contributed by atoms with Crippen LogP contribution in [-0.2, 0) is 17.8 Å². The normalized spacial score (nSPS) is 15.3. The number of aromatic nitrogens is 1. The Hall–Kier alpha value is -3.43. The van der Waals surface area contributed by atoms with Gasteiger partial charge in [0.25, 0.3) is 5.24 Å². The third-order valence-corrected chi connectivity index (χ3v) is 6.82. The van der Waals surface area contributed by atoms with Crippen molar-refractivity contribution in [1.29, 1.82) is 0 Å². The van der Waals surface area contributed by atoms with Crippen molar-refractivity contribution in [3.63, 3.8) is 0 Å². The predicted octanol–water partition coefficient (Wildman–Crippen LogP) is 4.38. The van der Waals surface area contributed by atoms with Crippen molar-refractivity contribution in [3.05, 3.63) is 76.7 Å². The molecule has 4 rings (SSSR count). The highest BCUT2D eigenvalue weighted by molar-refractivity contribution is 8.15. The molecule has 7 nitrogen and oxygen atoms in total. The number of carbonyl (C=O) groups is 2. The van der Waals surface area contributed by atoms with Gasteiger partial charge in [-0.2, -0.15) is 0 Å². The molecule has 3 N–H and O–H groups in total. The number of pyridine rings is 1. The summed E-state index contributed by atoms with van der Waals surface area (Å²) in [6.45, 7) is 4.30. The molecule has 0 saturated carbocycles. The zero-order valence-corrected chi connectivity index (χ0v) is 20.2. The summed E-state index contributed by atoms with van der Waals surface area (Å²) in [4.78, 5) is 27.5. The summed E-state index contributed by atoms with van der Waals surface area (Å²) in [7, 11) is 0. The minimum Gasteiger partial charge on any atom is -0.488 e. The van der Waals surface area contributed by atoms with Gasteiger partial charge in [0.2, 0.25) is 5.91 Å². The summed E-state index contributed by atoms with van der Waals surface area (Å²) in [5.41, 5.74) is 5.54. The van der Waals surface area contributed by atoms with E-state index in [0.717, 1.165) is 45.1 Å².